The quantitative estimate of drug-likeness (QED) is 0.569. The van der Waals surface area contributed by atoms with Gasteiger partial charge >= 0.3 is 0 Å². The average molecular weight is 333 g/mol. The van der Waals surface area contributed by atoms with Gasteiger partial charge in [-0.2, -0.15) is 0 Å². The molecule has 3 nitrogen and oxygen atoms in total. The summed E-state index contributed by atoms with van der Waals surface area (Å²) in [6, 6.07) is -0.305. The number of nitrogens with zero attached hydrogens (tertiary/aromatic N) is 1. The smallest absolute Gasteiger partial charge is 0.210 e. The summed E-state index contributed by atoms with van der Waals surface area (Å²) in [5.74, 6) is 0. The molecule has 9 heteroatoms. The Hall–Kier alpha value is 1.16. The van der Waals surface area contributed by atoms with Gasteiger partial charge in [0, 0.05) is 6.04 Å². The van der Waals surface area contributed by atoms with Crippen molar-refractivity contribution < 1.29 is 8.42 Å². The molecule has 0 atom stereocenters. The molecule has 0 saturated carbocycles. The van der Waals surface area contributed by atoms with Crippen molar-refractivity contribution in [2.24, 2.45) is 0 Å². The van der Waals surface area contributed by atoms with Crippen molar-refractivity contribution in [3.63, 3.8) is 0 Å². The zero-order chi connectivity index (χ0) is 12.2. The highest BCUT2D eigenvalue weighted by Crippen LogP contribution is 2.34. The van der Waals surface area contributed by atoms with Crippen molar-refractivity contribution >= 4 is 68.4 Å². The van der Waals surface area contributed by atoms with E-state index in [0.717, 1.165) is 15.7 Å². The molecule has 0 spiro atoms. The fourth-order valence-electron chi connectivity index (χ4n) is 0.645. The molecular weight excluding hydrogens is 324 g/mol. The van der Waals surface area contributed by atoms with Gasteiger partial charge in [-0.05, 0) is 25.8 Å². The normalized spacial score (nSPS) is 12.3. The third kappa shape index (κ3) is 5.35. The SMILES string of the molecule is CC(C)N(SC(Cl)=C(Cl)Cl)S(=O)(=O)CCl. The minimum absolute atomic E-state index is 0.0132. The molecule has 90 valence electrons. The summed E-state index contributed by atoms with van der Waals surface area (Å²) in [5, 5.41) is -0.526. The van der Waals surface area contributed by atoms with Crippen molar-refractivity contribution in [3.05, 3.63) is 8.86 Å². The third-order valence-corrected chi connectivity index (χ3v) is 6.29. The first-order valence-corrected chi connectivity index (χ1v) is 7.74. The molecule has 0 aromatic rings. The lowest BCUT2D eigenvalue weighted by molar-refractivity contribution is 0.507. The van der Waals surface area contributed by atoms with Crippen molar-refractivity contribution in [3.8, 4) is 0 Å². The highest BCUT2D eigenvalue weighted by Gasteiger charge is 2.26. The Balaban J connectivity index is 4.96. The van der Waals surface area contributed by atoms with E-state index >= 15 is 0 Å². The van der Waals surface area contributed by atoms with Gasteiger partial charge in [0.25, 0.3) is 0 Å². The lowest BCUT2D eigenvalue weighted by Gasteiger charge is -2.22. The van der Waals surface area contributed by atoms with Crippen LogP contribution in [0.2, 0.25) is 0 Å². The first-order valence-electron chi connectivity index (χ1n) is 3.69. The van der Waals surface area contributed by atoms with E-state index in [2.05, 4.69) is 0 Å². The highest BCUT2D eigenvalue weighted by molar-refractivity contribution is 8.12. The predicted molar refractivity (Wildman–Crippen MR) is 68.8 cm³/mol. The molecule has 0 rings (SSSR count). The number of hydrogen-bond donors (Lipinski definition) is 0. The second kappa shape index (κ2) is 6.79. The maximum Gasteiger partial charge on any atom is 0.237 e. The van der Waals surface area contributed by atoms with E-state index < -0.39 is 15.2 Å². The Labute approximate surface area is 114 Å². The van der Waals surface area contributed by atoms with E-state index in [1.54, 1.807) is 13.8 Å². The Bertz CT molecular complexity index is 337. The number of halogens is 4. The lowest BCUT2D eigenvalue weighted by Crippen LogP contribution is -2.31. The molecule has 0 aromatic heterocycles. The van der Waals surface area contributed by atoms with E-state index in [4.69, 9.17) is 46.4 Å². The number of sulfonamides is 1. The molecule has 0 saturated heterocycles. The van der Waals surface area contributed by atoms with Crippen LogP contribution >= 0.6 is 58.4 Å². The van der Waals surface area contributed by atoms with Gasteiger partial charge in [-0.15, -0.1) is 15.3 Å². The van der Waals surface area contributed by atoms with Gasteiger partial charge in [0.15, 0.2) is 0 Å². The third-order valence-electron chi connectivity index (χ3n) is 1.15. The number of rotatable bonds is 5. The van der Waals surface area contributed by atoms with Crippen molar-refractivity contribution in [1.29, 1.82) is 0 Å². The second-order valence-electron chi connectivity index (χ2n) is 2.70. The molecular formula is C6H9Cl4NO2S2. The van der Waals surface area contributed by atoms with Gasteiger partial charge < -0.3 is 0 Å². The fraction of sp³-hybridized carbons (Fsp3) is 0.667. The van der Waals surface area contributed by atoms with Crippen molar-refractivity contribution in [2.45, 2.75) is 19.9 Å². The molecule has 0 bridgehead atoms. The average Bonchev–Trinajstić information content (AvgIpc) is 2.12. The molecule has 0 amide bonds. The van der Waals surface area contributed by atoms with Crippen LogP contribution in [0.1, 0.15) is 13.8 Å². The van der Waals surface area contributed by atoms with Crippen molar-refractivity contribution in [2.75, 3.05) is 5.21 Å². The van der Waals surface area contributed by atoms with Gasteiger partial charge in [0.05, 0.1) is 0 Å². The minimum atomic E-state index is -3.56. The molecule has 0 radical (unpaired) electrons. The van der Waals surface area contributed by atoms with Gasteiger partial charge in [0.2, 0.25) is 10.0 Å². The van der Waals surface area contributed by atoms with Gasteiger partial charge in [-0.3, -0.25) is 0 Å². The minimum Gasteiger partial charge on any atom is -0.210 e. The Morgan fingerprint density at radius 1 is 1.33 bits per heavy atom. The monoisotopic (exact) mass is 331 g/mol. The van der Waals surface area contributed by atoms with E-state index in [9.17, 15) is 8.42 Å². The molecule has 0 aromatic carbocycles. The Morgan fingerprint density at radius 2 is 1.80 bits per heavy atom. The summed E-state index contributed by atoms with van der Waals surface area (Å²) in [6.07, 6.45) is 0. The fourth-order valence-corrected chi connectivity index (χ4v) is 3.70. The van der Waals surface area contributed by atoms with E-state index in [0.29, 0.717) is 0 Å². The van der Waals surface area contributed by atoms with Gasteiger partial charge in [0.1, 0.15) is 14.1 Å². The molecule has 0 fully saturated rings. The van der Waals surface area contributed by atoms with E-state index in [1.807, 2.05) is 0 Å². The van der Waals surface area contributed by atoms with Crippen LogP contribution < -0.4 is 0 Å². The molecule has 0 N–H and O–H groups in total. The molecule has 0 heterocycles. The van der Waals surface area contributed by atoms with E-state index in [1.165, 1.54) is 0 Å². The maximum atomic E-state index is 11.5. The number of alkyl halides is 1. The molecule has 15 heavy (non-hydrogen) atoms. The summed E-state index contributed by atoms with van der Waals surface area (Å²) in [4.78, 5) is 0. The topological polar surface area (TPSA) is 37.4 Å². The van der Waals surface area contributed by atoms with Crippen LogP contribution in [0.15, 0.2) is 8.86 Å². The highest BCUT2D eigenvalue weighted by atomic mass is 35.5. The summed E-state index contributed by atoms with van der Waals surface area (Å²) in [5.41, 5.74) is 0. The zero-order valence-electron chi connectivity index (χ0n) is 7.88. The van der Waals surface area contributed by atoms with Crippen LogP contribution in [0.25, 0.3) is 0 Å². The Morgan fingerprint density at radius 3 is 2.07 bits per heavy atom. The van der Waals surface area contributed by atoms with Gasteiger partial charge in [-0.25, -0.2) is 8.42 Å². The summed E-state index contributed by atoms with van der Waals surface area (Å²) < 4.78 is 23.9. The van der Waals surface area contributed by atoms with Gasteiger partial charge in [-0.1, -0.05) is 34.8 Å². The number of hydrogen-bond acceptors (Lipinski definition) is 3. The van der Waals surface area contributed by atoms with Crippen LogP contribution in [-0.2, 0) is 10.0 Å². The molecule has 0 unspecified atom stereocenters. The van der Waals surface area contributed by atoms with Crippen LogP contribution in [0.3, 0.4) is 0 Å². The molecule has 0 aliphatic carbocycles. The Kier molecular flexibility index (Phi) is 7.31. The zero-order valence-corrected chi connectivity index (χ0v) is 12.5. The van der Waals surface area contributed by atoms with E-state index in [-0.39, 0.29) is 14.9 Å². The summed E-state index contributed by atoms with van der Waals surface area (Å²) in [6.45, 7) is 3.37. The van der Waals surface area contributed by atoms with Crippen LogP contribution in [0.5, 0.6) is 0 Å². The first-order chi connectivity index (χ1) is 6.72. The largest absolute Gasteiger partial charge is 0.237 e. The van der Waals surface area contributed by atoms with Crippen LogP contribution in [0.4, 0.5) is 0 Å². The molecule has 0 aliphatic rings. The van der Waals surface area contributed by atoms with Crippen LogP contribution in [0, 0.1) is 0 Å². The maximum absolute atomic E-state index is 11.5. The second-order valence-corrected chi connectivity index (χ2v) is 7.89. The summed E-state index contributed by atoms with van der Waals surface area (Å²) >= 11 is 22.5. The first kappa shape index (κ1) is 16.2. The molecule has 0 aliphatic heterocycles. The predicted octanol–water partition coefficient (Wildman–Crippen LogP) is 3.71. The van der Waals surface area contributed by atoms with Crippen LogP contribution in [-0.4, -0.2) is 23.4 Å². The van der Waals surface area contributed by atoms with Crippen molar-refractivity contribution in [1.82, 2.24) is 3.71 Å². The standard InChI is InChI=1S/C6H9Cl4NO2S2/c1-4(2)11(15(12,13)3-7)14-6(10)5(8)9/h4H,3H2,1-2H3. The summed E-state index contributed by atoms with van der Waals surface area (Å²) in [7, 11) is -3.56. The lowest BCUT2D eigenvalue weighted by atomic mass is 10.4.